The molecule has 0 atom stereocenters. The average Bonchev–Trinajstić information content (AvgIpc) is 1.91. The third kappa shape index (κ3) is 0.825. The Kier molecular flexibility index (Phi) is 1.15. The second-order valence-electron chi connectivity index (χ2n) is 1.04. The summed E-state index contributed by atoms with van der Waals surface area (Å²) in [4.78, 5) is 0. The molecule has 1 aromatic heterocycles. The fraction of sp³-hybridized carbons (Fsp3) is 0. The van der Waals surface area contributed by atoms with Gasteiger partial charge in [-0.1, -0.05) is 0 Å². The van der Waals surface area contributed by atoms with E-state index in [9.17, 15) is 4.39 Å². The number of hydrogen-bond acceptors (Lipinski definition) is 1. The molecule has 0 amide bonds. The van der Waals surface area contributed by atoms with E-state index in [4.69, 9.17) is 0 Å². The maximum Gasteiger partial charge on any atom is 0.292 e. The van der Waals surface area contributed by atoms with Gasteiger partial charge in [0.05, 0.1) is 10.7 Å². The quantitative estimate of drug-likeness (QED) is 0.574. The second-order valence-corrected chi connectivity index (χ2v) is 1.90. The fourth-order valence-electron chi connectivity index (χ4n) is 0.275. The van der Waals surface area contributed by atoms with E-state index in [0.717, 1.165) is 0 Å². The summed E-state index contributed by atoms with van der Waals surface area (Å²) < 4.78 is 16.5. The van der Waals surface area contributed by atoms with Crippen molar-refractivity contribution in [3.05, 3.63) is 22.8 Å². The minimum Gasteiger partial charge on any atom is -0.439 e. The summed E-state index contributed by atoms with van der Waals surface area (Å²) in [6, 6.07) is 0.926. The third-order valence-electron chi connectivity index (χ3n) is 0.574. The number of halogens is 2. The third-order valence-corrected chi connectivity index (χ3v) is 1.15. The Morgan fingerprint density at radius 1 is 1.71 bits per heavy atom. The molecule has 1 heterocycles. The fourth-order valence-corrected chi connectivity index (χ4v) is 0.477. The van der Waals surface area contributed by atoms with E-state index in [-0.39, 0.29) is 0 Å². The summed E-state index contributed by atoms with van der Waals surface area (Å²) >= 11 is 2.90. The van der Waals surface area contributed by atoms with Gasteiger partial charge in [-0.05, 0) is 22.0 Å². The van der Waals surface area contributed by atoms with Crippen molar-refractivity contribution in [2.24, 2.45) is 0 Å². The maximum atomic E-state index is 11.9. The second kappa shape index (κ2) is 1.66. The van der Waals surface area contributed by atoms with E-state index in [1.165, 1.54) is 12.3 Å². The van der Waals surface area contributed by atoms with Gasteiger partial charge in [-0.25, -0.2) is 0 Å². The van der Waals surface area contributed by atoms with Crippen molar-refractivity contribution < 1.29 is 8.81 Å². The smallest absolute Gasteiger partial charge is 0.292 e. The number of rotatable bonds is 0. The summed E-state index contributed by atoms with van der Waals surface area (Å²) in [5.41, 5.74) is 0. The molecule has 38 valence electrons. The molecule has 1 nitrogen and oxygen atoms in total. The average molecular weight is 165 g/mol. The Balaban J connectivity index is 3.12. The molecule has 0 N–H and O–H groups in total. The molecule has 0 aliphatic rings. The van der Waals surface area contributed by atoms with Gasteiger partial charge in [-0.15, -0.1) is 0 Å². The molecule has 7 heavy (non-hydrogen) atoms. The van der Waals surface area contributed by atoms with E-state index in [1.807, 2.05) is 0 Å². The molecule has 0 bridgehead atoms. The van der Waals surface area contributed by atoms with Gasteiger partial charge in [0, 0.05) is 0 Å². The van der Waals surface area contributed by atoms with Gasteiger partial charge in [0.2, 0.25) is 0 Å². The van der Waals surface area contributed by atoms with Gasteiger partial charge >= 0.3 is 0 Å². The first-order chi connectivity index (χ1) is 3.30. The van der Waals surface area contributed by atoms with Gasteiger partial charge in [-0.3, -0.25) is 0 Å². The molecule has 0 spiro atoms. The lowest BCUT2D eigenvalue weighted by atomic mass is 10.7. The zero-order valence-corrected chi connectivity index (χ0v) is 4.90. The van der Waals surface area contributed by atoms with E-state index < -0.39 is 6.01 Å². The molecule has 1 rings (SSSR count). The normalized spacial score (nSPS) is 9.43. The lowest BCUT2D eigenvalue weighted by molar-refractivity contribution is 0.355. The van der Waals surface area contributed by atoms with Crippen molar-refractivity contribution in [3.63, 3.8) is 0 Å². The minimum atomic E-state index is -0.569. The largest absolute Gasteiger partial charge is 0.439 e. The lowest BCUT2D eigenvalue weighted by Crippen LogP contribution is -1.57. The Morgan fingerprint density at radius 3 is 2.57 bits per heavy atom. The zero-order valence-electron chi connectivity index (χ0n) is 3.32. The Labute approximate surface area is 48.3 Å². The van der Waals surface area contributed by atoms with Gasteiger partial charge in [0.15, 0.2) is 0 Å². The van der Waals surface area contributed by atoms with Crippen molar-refractivity contribution in [3.8, 4) is 0 Å². The summed E-state index contributed by atoms with van der Waals surface area (Å²) in [6.07, 6.45) is 1.28. The van der Waals surface area contributed by atoms with Crippen LogP contribution in [0.5, 0.6) is 0 Å². The van der Waals surface area contributed by atoms with E-state index in [0.29, 0.717) is 4.47 Å². The van der Waals surface area contributed by atoms with Crippen LogP contribution in [-0.4, -0.2) is 0 Å². The highest BCUT2D eigenvalue weighted by Crippen LogP contribution is 2.13. The summed E-state index contributed by atoms with van der Waals surface area (Å²) in [6.45, 7) is 0. The molecule has 0 fully saturated rings. The lowest BCUT2D eigenvalue weighted by Gasteiger charge is -1.71. The predicted molar refractivity (Wildman–Crippen MR) is 26.4 cm³/mol. The first-order valence-corrected chi connectivity index (χ1v) is 2.48. The number of furan rings is 1. The van der Waals surface area contributed by atoms with Crippen LogP contribution in [0.2, 0.25) is 0 Å². The van der Waals surface area contributed by atoms with Gasteiger partial charge in [-0.2, -0.15) is 4.39 Å². The van der Waals surface area contributed by atoms with Crippen LogP contribution in [0, 0.1) is 6.01 Å². The van der Waals surface area contributed by atoms with Crippen molar-refractivity contribution in [2.45, 2.75) is 0 Å². The van der Waals surface area contributed by atoms with Crippen LogP contribution in [0.15, 0.2) is 21.2 Å². The molecule has 0 aliphatic heterocycles. The molecular formula is C4H2BrFO. The monoisotopic (exact) mass is 164 g/mol. The van der Waals surface area contributed by atoms with Gasteiger partial charge in [0.1, 0.15) is 0 Å². The Morgan fingerprint density at radius 2 is 2.43 bits per heavy atom. The minimum absolute atomic E-state index is 0.368. The highest BCUT2D eigenvalue weighted by atomic mass is 79.9. The number of hydrogen-bond donors (Lipinski definition) is 0. The van der Waals surface area contributed by atoms with E-state index in [2.05, 4.69) is 20.3 Å². The topological polar surface area (TPSA) is 13.1 Å². The molecule has 1 aromatic rings. The van der Waals surface area contributed by atoms with E-state index in [1.54, 1.807) is 0 Å². The van der Waals surface area contributed by atoms with Crippen molar-refractivity contribution in [1.82, 2.24) is 0 Å². The first kappa shape index (κ1) is 4.84. The highest BCUT2D eigenvalue weighted by molar-refractivity contribution is 9.10. The van der Waals surface area contributed by atoms with Gasteiger partial charge in [0.25, 0.3) is 6.01 Å². The Bertz CT molecular complexity index is 144. The van der Waals surface area contributed by atoms with Crippen molar-refractivity contribution in [2.75, 3.05) is 0 Å². The molecular weight excluding hydrogens is 163 g/mol. The molecule has 3 heteroatoms. The first-order valence-electron chi connectivity index (χ1n) is 1.69. The summed E-state index contributed by atoms with van der Waals surface area (Å²) in [5, 5.41) is 0. The van der Waals surface area contributed by atoms with Crippen LogP contribution in [0.4, 0.5) is 4.39 Å². The molecule has 0 aromatic carbocycles. The van der Waals surface area contributed by atoms with Crippen molar-refractivity contribution >= 4 is 15.9 Å². The van der Waals surface area contributed by atoms with Crippen LogP contribution in [-0.2, 0) is 0 Å². The van der Waals surface area contributed by atoms with E-state index >= 15 is 0 Å². The molecule has 0 saturated carbocycles. The maximum absolute atomic E-state index is 11.9. The molecule has 0 aliphatic carbocycles. The standard InChI is InChI=1S/C4H2BrFO/c5-3-1-2-7-4(3)6/h1-2H. The van der Waals surface area contributed by atoms with Crippen LogP contribution in [0.3, 0.4) is 0 Å². The zero-order chi connectivity index (χ0) is 5.28. The molecule has 0 radical (unpaired) electrons. The van der Waals surface area contributed by atoms with Crippen LogP contribution in [0.25, 0.3) is 0 Å². The summed E-state index contributed by atoms with van der Waals surface area (Å²) in [5.74, 6) is 0. The predicted octanol–water partition coefficient (Wildman–Crippen LogP) is 2.18. The van der Waals surface area contributed by atoms with Crippen LogP contribution >= 0.6 is 15.9 Å². The molecule has 0 unspecified atom stereocenters. The highest BCUT2D eigenvalue weighted by Gasteiger charge is 1.96. The Hall–Kier alpha value is -0.310. The van der Waals surface area contributed by atoms with Crippen LogP contribution in [0.1, 0.15) is 0 Å². The molecule has 0 saturated heterocycles. The SMILES string of the molecule is Fc1occc1Br. The van der Waals surface area contributed by atoms with Crippen LogP contribution < -0.4 is 0 Å². The van der Waals surface area contributed by atoms with Gasteiger partial charge < -0.3 is 4.42 Å². The van der Waals surface area contributed by atoms with Crippen molar-refractivity contribution in [1.29, 1.82) is 0 Å². The summed E-state index contributed by atoms with van der Waals surface area (Å²) in [7, 11) is 0.